The fraction of sp³-hybridized carbons (Fsp3) is 0.111. The molecule has 0 spiro atoms. The lowest BCUT2D eigenvalue weighted by atomic mass is 10.2. The molecule has 2 aromatic rings. The quantitative estimate of drug-likeness (QED) is 0.795. The molecule has 0 atom stereocenters. The molecule has 0 saturated carbocycles. The molecule has 0 bridgehead atoms. The molecular weight excluding hydrogens is 200 g/mol. The molecule has 0 aliphatic heterocycles. The van der Waals surface area contributed by atoms with Crippen LogP contribution in [-0.2, 0) is 0 Å². The van der Waals surface area contributed by atoms with Gasteiger partial charge in [0.1, 0.15) is 16.7 Å². The molecule has 4 nitrogen and oxygen atoms in total. The van der Waals surface area contributed by atoms with E-state index in [1.807, 2.05) is 19.2 Å². The van der Waals surface area contributed by atoms with Gasteiger partial charge in [-0.1, -0.05) is 11.6 Å². The van der Waals surface area contributed by atoms with Gasteiger partial charge in [0, 0.05) is 18.8 Å². The van der Waals surface area contributed by atoms with Crippen LogP contribution in [0.4, 0.5) is 5.82 Å². The van der Waals surface area contributed by atoms with Crippen LogP contribution in [-0.4, -0.2) is 22.0 Å². The molecule has 2 aromatic heterocycles. The van der Waals surface area contributed by atoms with E-state index in [4.69, 9.17) is 11.6 Å². The van der Waals surface area contributed by atoms with Gasteiger partial charge in [-0.15, -0.1) is 0 Å². The molecule has 5 heteroatoms. The van der Waals surface area contributed by atoms with Crippen LogP contribution in [0.3, 0.4) is 0 Å². The van der Waals surface area contributed by atoms with Crippen LogP contribution < -0.4 is 5.32 Å². The van der Waals surface area contributed by atoms with Crippen molar-refractivity contribution in [1.82, 2.24) is 15.0 Å². The summed E-state index contributed by atoms with van der Waals surface area (Å²) in [6.45, 7) is 0. The second-order valence-electron chi connectivity index (χ2n) is 2.75. The molecule has 0 saturated heterocycles. The topological polar surface area (TPSA) is 53.6 Å². The van der Waals surface area contributed by atoms with Crippen LogP contribution in [0.1, 0.15) is 0 Å². The molecule has 0 unspecified atom stereocenters. The Balaban J connectivity index is 2.39. The van der Waals surface area contributed by atoms with Crippen molar-refractivity contribution in [2.75, 3.05) is 12.4 Å². The van der Waals surface area contributed by atoms with Gasteiger partial charge in [0.2, 0.25) is 0 Å². The average Bonchev–Trinajstić information content (AvgIpc) is 2.65. The van der Waals surface area contributed by atoms with Crippen LogP contribution in [0.2, 0.25) is 5.15 Å². The van der Waals surface area contributed by atoms with Crippen LogP contribution in [0, 0.1) is 0 Å². The Kier molecular flexibility index (Phi) is 2.37. The van der Waals surface area contributed by atoms with E-state index in [-0.39, 0.29) is 0 Å². The van der Waals surface area contributed by atoms with Gasteiger partial charge in [-0.25, -0.2) is 9.97 Å². The molecular formula is C9H9ClN4. The predicted molar refractivity (Wildman–Crippen MR) is 56.4 cm³/mol. The number of hydrogen-bond acceptors (Lipinski definition) is 3. The number of halogens is 1. The minimum atomic E-state index is 0.531. The van der Waals surface area contributed by atoms with Crippen molar-refractivity contribution >= 4 is 17.4 Å². The van der Waals surface area contributed by atoms with Gasteiger partial charge < -0.3 is 10.3 Å². The zero-order chi connectivity index (χ0) is 9.97. The standard InChI is InChI=1S/C9H9ClN4/c1-11-7-3-2-6(4-12-7)8-9(10)14-5-13-8/h2-5H,1H3,(H,11,12)(H,13,14). The molecule has 0 aromatic carbocycles. The molecule has 2 heterocycles. The van der Waals surface area contributed by atoms with Crippen LogP contribution in [0.5, 0.6) is 0 Å². The maximum Gasteiger partial charge on any atom is 0.134 e. The molecule has 0 aliphatic rings. The lowest BCUT2D eigenvalue weighted by Crippen LogP contribution is -1.91. The highest BCUT2D eigenvalue weighted by Gasteiger charge is 2.05. The number of imidazole rings is 1. The minimum absolute atomic E-state index is 0.531. The van der Waals surface area contributed by atoms with Gasteiger partial charge in [-0.3, -0.25) is 0 Å². The number of nitrogens with one attached hydrogen (secondary N) is 2. The third-order valence-electron chi connectivity index (χ3n) is 1.89. The largest absolute Gasteiger partial charge is 0.373 e. The fourth-order valence-electron chi connectivity index (χ4n) is 1.16. The summed E-state index contributed by atoms with van der Waals surface area (Å²) < 4.78 is 0. The van der Waals surface area contributed by atoms with E-state index >= 15 is 0 Å². The summed E-state index contributed by atoms with van der Waals surface area (Å²) in [7, 11) is 1.82. The van der Waals surface area contributed by atoms with E-state index in [9.17, 15) is 0 Å². The van der Waals surface area contributed by atoms with Crippen molar-refractivity contribution in [2.45, 2.75) is 0 Å². The van der Waals surface area contributed by atoms with Crippen molar-refractivity contribution in [3.63, 3.8) is 0 Å². The van der Waals surface area contributed by atoms with Crippen molar-refractivity contribution in [3.05, 3.63) is 29.8 Å². The Labute approximate surface area is 86.4 Å². The van der Waals surface area contributed by atoms with E-state index in [2.05, 4.69) is 20.3 Å². The summed E-state index contributed by atoms with van der Waals surface area (Å²) in [6, 6.07) is 3.79. The van der Waals surface area contributed by atoms with E-state index in [0.717, 1.165) is 17.1 Å². The Morgan fingerprint density at radius 1 is 1.36 bits per heavy atom. The molecule has 0 aliphatic carbocycles. The normalized spacial score (nSPS) is 10.1. The first kappa shape index (κ1) is 9.02. The van der Waals surface area contributed by atoms with Crippen molar-refractivity contribution < 1.29 is 0 Å². The fourth-order valence-corrected chi connectivity index (χ4v) is 1.37. The number of nitrogens with zero attached hydrogens (tertiary/aromatic N) is 2. The third kappa shape index (κ3) is 1.56. The summed E-state index contributed by atoms with van der Waals surface area (Å²) in [6.07, 6.45) is 3.29. The summed E-state index contributed by atoms with van der Waals surface area (Å²) in [5.74, 6) is 0.820. The number of aromatic amines is 1. The Hall–Kier alpha value is -1.55. The minimum Gasteiger partial charge on any atom is -0.373 e. The average molecular weight is 209 g/mol. The zero-order valence-corrected chi connectivity index (χ0v) is 8.34. The SMILES string of the molecule is CNc1ccc(-c2nc[nH]c2Cl)cn1. The highest BCUT2D eigenvalue weighted by Crippen LogP contribution is 2.23. The molecule has 0 radical (unpaired) electrons. The molecule has 2 N–H and O–H groups in total. The number of rotatable bonds is 2. The molecule has 72 valence electrons. The van der Waals surface area contributed by atoms with Gasteiger partial charge in [-0.05, 0) is 12.1 Å². The number of pyridine rings is 1. The lowest BCUT2D eigenvalue weighted by molar-refractivity contribution is 1.27. The number of aromatic nitrogens is 3. The smallest absolute Gasteiger partial charge is 0.134 e. The van der Waals surface area contributed by atoms with Crippen LogP contribution >= 0.6 is 11.6 Å². The highest BCUT2D eigenvalue weighted by atomic mass is 35.5. The molecule has 2 rings (SSSR count). The summed E-state index contributed by atoms with van der Waals surface area (Å²) in [5.41, 5.74) is 1.62. The Bertz CT molecular complexity index is 421. The van der Waals surface area contributed by atoms with Gasteiger partial charge in [0.25, 0.3) is 0 Å². The Morgan fingerprint density at radius 2 is 2.21 bits per heavy atom. The Morgan fingerprint density at radius 3 is 2.71 bits per heavy atom. The van der Waals surface area contributed by atoms with E-state index < -0.39 is 0 Å². The maximum atomic E-state index is 5.89. The van der Waals surface area contributed by atoms with Crippen molar-refractivity contribution in [1.29, 1.82) is 0 Å². The predicted octanol–water partition coefficient (Wildman–Crippen LogP) is 2.17. The van der Waals surface area contributed by atoms with E-state index in [1.54, 1.807) is 12.5 Å². The second kappa shape index (κ2) is 3.67. The summed E-state index contributed by atoms with van der Waals surface area (Å²) in [5, 5.41) is 3.47. The number of anilines is 1. The summed E-state index contributed by atoms with van der Waals surface area (Å²) >= 11 is 5.89. The first-order valence-electron chi connectivity index (χ1n) is 4.14. The summed E-state index contributed by atoms with van der Waals surface area (Å²) in [4.78, 5) is 11.1. The lowest BCUT2D eigenvalue weighted by Gasteiger charge is -2.00. The monoisotopic (exact) mass is 208 g/mol. The van der Waals surface area contributed by atoms with Gasteiger partial charge in [-0.2, -0.15) is 0 Å². The molecule has 14 heavy (non-hydrogen) atoms. The van der Waals surface area contributed by atoms with Crippen molar-refractivity contribution in [3.8, 4) is 11.3 Å². The maximum absolute atomic E-state index is 5.89. The van der Waals surface area contributed by atoms with Gasteiger partial charge in [0.15, 0.2) is 0 Å². The third-order valence-corrected chi connectivity index (χ3v) is 2.17. The number of H-pyrrole nitrogens is 1. The molecule has 0 amide bonds. The zero-order valence-electron chi connectivity index (χ0n) is 7.58. The second-order valence-corrected chi connectivity index (χ2v) is 3.13. The van der Waals surface area contributed by atoms with E-state index in [0.29, 0.717) is 5.15 Å². The molecule has 0 fully saturated rings. The van der Waals surface area contributed by atoms with Crippen molar-refractivity contribution in [2.24, 2.45) is 0 Å². The van der Waals surface area contributed by atoms with Crippen LogP contribution in [0.15, 0.2) is 24.7 Å². The van der Waals surface area contributed by atoms with E-state index in [1.165, 1.54) is 0 Å². The first-order chi connectivity index (χ1) is 6.81. The van der Waals surface area contributed by atoms with Gasteiger partial charge in [0.05, 0.1) is 6.33 Å². The highest BCUT2D eigenvalue weighted by molar-refractivity contribution is 6.31. The van der Waals surface area contributed by atoms with Crippen LogP contribution in [0.25, 0.3) is 11.3 Å². The number of hydrogen-bond donors (Lipinski definition) is 2. The van der Waals surface area contributed by atoms with Gasteiger partial charge >= 0.3 is 0 Å². The first-order valence-corrected chi connectivity index (χ1v) is 4.52.